The van der Waals surface area contributed by atoms with E-state index in [9.17, 15) is 0 Å². The Morgan fingerprint density at radius 3 is 3.00 bits per heavy atom. The van der Waals surface area contributed by atoms with E-state index in [1.165, 1.54) is 44.3 Å². The van der Waals surface area contributed by atoms with E-state index in [4.69, 9.17) is 0 Å². The summed E-state index contributed by atoms with van der Waals surface area (Å²) in [5, 5.41) is 14.0. The fraction of sp³-hybridized carbons (Fsp3) is 0.867. The van der Waals surface area contributed by atoms with Crippen LogP contribution in [-0.4, -0.2) is 33.1 Å². The fourth-order valence-electron chi connectivity index (χ4n) is 2.57. The van der Waals surface area contributed by atoms with Gasteiger partial charge >= 0.3 is 0 Å². The Hall–Kier alpha value is -0.550. The number of fused-ring (bicyclic) bond motifs is 1. The lowest BCUT2D eigenvalue weighted by Gasteiger charge is -2.13. The lowest BCUT2D eigenvalue weighted by Crippen LogP contribution is -2.24. The summed E-state index contributed by atoms with van der Waals surface area (Å²) in [6.07, 6.45) is 8.84. The number of thioether (sulfide) groups is 1. The molecule has 0 spiro atoms. The first-order valence-corrected chi connectivity index (χ1v) is 8.98. The average Bonchev–Trinajstić information content (AvgIpc) is 2.68. The Bertz CT molecular complexity index is 391. The zero-order valence-corrected chi connectivity index (χ0v) is 13.7. The van der Waals surface area contributed by atoms with Crippen molar-refractivity contribution in [1.29, 1.82) is 0 Å². The van der Waals surface area contributed by atoms with E-state index in [1.807, 2.05) is 11.8 Å². The minimum atomic E-state index is 0.549. The number of unbranched alkanes of at least 4 members (excludes halogenated alkanes) is 2. The average molecular weight is 296 g/mol. The molecule has 5 heteroatoms. The molecule has 114 valence electrons. The first kappa shape index (κ1) is 15.8. The molecule has 0 bridgehead atoms. The highest BCUT2D eigenvalue weighted by atomic mass is 32.2. The van der Waals surface area contributed by atoms with Crippen LogP contribution in [0, 0.1) is 0 Å². The number of aryl methyl sites for hydroxylation is 1. The van der Waals surface area contributed by atoms with Gasteiger partial charge in [-0.15, -0.1) is 10.2 Å². The molecule has 1 aliphatic heterocycles. The molecular formula is C15H28N4S. The molecule has 1 aliphatic rings. The second-order valence-corrected chi connectivity index (χ2v) is 7.11. The Labute approximate surface area is 127 Å². The van der Waals surface area contributed by atoms with E-state index in [2.05, 4.69) is 33.9 Å². The minimum absolute atomic E-state index is 0.549. The molecule has 0 saturated carbocycles. The smallest absolute Gasteiger partial charge is 0.191 e. The van der Waals surface area contributed by atoms with Gasteiger partial charge in [0.2, 0.25) is 0 Å². The number of nitrogens with zero attached hydrogens (tertiary/aromatic N) is 3. The number of hydrogen-bond donors (Lipinski definition) is 1. The highest BCUT2D eigenvalue weighted by molar-refractivity contribution is 7.99. The summed E-state index contributed by atoms with van der Waals surface area (Å²) in [5.74, 6) is 1.19. The van der Waals surface area contributed by atoms with Crippen LogP contribution >= 0.6 is 11.8 Å². The molecule has 2 rings (SSSR count). The van der Waals surface area contributed by atoms with Crippen LogP contribution in [0.2, 0.25) is 0 Å². The van der Waals surface area contributed by atoms with Gasteiger partial charge in [-0.2, -0.15) is 0 Å². The molecule has 1 N–H and O–H groups in total. The van der Waals surface area contributed by atoms with E-state index < -0.39 is 0 Å². The summed E-state index contributed by atoms with van der Waals surface area (Å²) in [6.45, 7) is 7.81. The van der Waals surface area contributed by atoms with Gasteiger partial charge in [0.25, 0.3) is 0 Å². The molecule has 2 heterocycles. The number of nitrogens with one attached hydrogen (secondary N) is 1. The number of hydrogen-bond acceptors (Lipinski definition) is 4. The molecule has 0 radical (unpaired) electrons. The van der Waals surface area contributed by atoms with Crippen molar-refractivity contribution in [1.82, 2.24) is 20.1 Å². The van der Waals surface area contributed by atoms with Crippen LogP contribution in [0.5, 0.6) is 0 Å². The first-order valence-electron chi connectivity index (χ1n) is 8.10. The first-order chi connectivity index (χ1) is 9.81. The monoisotopic (exact) mass is 296 g/mol. The summed E-state index contributed by atoms with van der Waals surface area (Å²) in [7, 11) is 0. The van der Waals surface area contributed by atoms with Gasteiger partial charge in [0.15, 0.2) is 5.16 Å². The van der Waals surface area contributed by atoms with Crippen LogP contribution in [0.15, 0.2) is 5.16 Å². The van der Waals surface area contributed by atoms with Crippen molar-refractivity contribution in [2.75, 3.05) is 13.1 Å². The van der Waals surface area contributed by atoms with Crippen molar-refractivity contribution in [2.45, 2.75) is 75.7 Å². The minimum Gasteiger partial charge on any atom is -0.316 e. The molecule has 0 saturated heterocycles. The van der Waals surface area contributed by atoms with E-state index in [-0.39, 0.29) is 0 Å². The van der Waals surface area contributed by atoms with Crippen LogP contribution in [0.3, 0.4) is 0 Å². The van der Waals surface area contributed by atoms with Crippen LogP contribution < -0.4 is 5.32 Å². The number of aromatic nitrogens is 3. The van der Waals surface area contributed by atoms with Crippen LogP contribution in [0.1, 0.15) is 58.2 Å². The molecule has 0 amide bonds. The van der Waals surface area contributed by atoms with Crippen molar-refractivity contribution in [3.8, 4) is 0 Å². The van der Waals surface area contributed by atoms with Crippen molar-refractivity contribution >= 4 is 11.8 Å². The van der Waals surface area contributed by atoms with Crippen molar-refractivity contribution in [3.05, 3.63) is 5.82 Å². The predicted octanol–water partition coefficient (Wildman–Crippen LogP) is 3.26. The van der Waals surface area contributed by atoms with Gasteiger partial charge in [0.1, 0.15) is 5.82 Å². The van der Waals surface area contributed by atoms with Gasteiger partial charge in [0, 0.05) is 24.8 Å². The normalized spacial score (nSPS) is 16.7. The molecule has 4 nitrogen and oxygen atoms in total. The molecular weight excluding hydrogens is 268 g/mol. The quantitative estimate of drug-likeness (QED) is 0.590. The zero-order chi connectivity index (χ0) is 14.2. The van der Waals surface area contributed by atoms with E-state index in [0.717, 1.165) is 31.2 Å². The number of rotatable bonds is 8. The summed E-state index contributed by atoms with van der Waals surface area (Å²) in [5.41, 5.74) is 0. The lowest BCUT2D eigenvalue weighted by molar-refractivity contribution is 0.587. The van der Waals surface area contributed by atoms with E-state index in [0.29, 0.717) is 5.25 Å². The van der Waals surface area contributed by atoms with Gasteiger partial charge in [-0.3, -0.25) is 0 Å². The maximum absolute atomic E-state index is 4.39. The maximum atomic E-state index is 4.39. The van der Waals surface area contributed by atoms with Gasteiger partial charge in [-0.05, 0) is 25.8 Å². The van der Waals surface area contributed by atoms with Crippen LogP contribution in [0.25, 0.3) is 0 Å². The molecule has 1 unspecified atom stereocenters. The summed E-state index contributed by atoms with van der Waals surface area (Å²) >= 11 is 1.86. The molecule has 0 aliphatic carbocycles. The SMILES string of the molecule is CCCCCNCC(C)Sc1nnc2n1CCCCC2. The summed E-state index contributed by atoms with van der Waals surface area (Å²) in [6, 6.07) is 0. The van der Waals surface area contributed by atoms with Crippen LogP contribution in [-0.2, 0) is 13.0 Å². The van der Waals surface area contributed by atoms with Gasteiger partial charge in [-0.25, -0.2) is 0 Å². The zero-order valence-electron chi connectivity index (χ0n) is 12.9. The third-order valence-electron chi connectivity index (χ3n) is 3.77. The third-order valence-corrected chi connectivity index (χ3v) is 4.85. The topological polar surface area (TPSA) is 42.7 Å². The second-order valence-electron chi connectivity index (χ2n) is 5.70. The largest absolute Gasteiger partial charge is 0.316 e. The molecule has 1 aromatic rings. The third kappa shape index (κ3) is 4.77. The molecule has 0 fully saturated rings. The van der Waals surface area contributed by atoms with Crippen molar-refractivity contribution < 1.29 is 0 Å². The Balaban J connectivity index is 1.76. The highest BCUT2D eigenvalue weighted by Crippen LogP contribution is 2.24. The molecule has 0 aromatic carbocycles. The predicted molar refractivity (Wildman–Crippen MR) is 85.3 cm³/mol. The molecule has 1 atom stereocenters. The van der Waals surface area contributed by atoms with Crippen molar-refractivity contribution in [2.24, 2.45) is 0 Å². The van der Waals surface area contributed by atoms with Gasteiger partial charge in [0.05, 0.1) is 0 Å². The Kier molecular flexibility index (Phi) is 6.87. The van der Waals surface area contributed by atoms with Crippen molar-refractivity contribution in [3.63, 3.8) is 0 Å². The Morgan fingerprint density at radius 1 is 1.25 bits per heavy atom. The van der Waals surface area contributed by atoms with Crippen LogP contribution in [0.4, 0.5) is 0 Å². The lowest BCUT2D eigenvalue weighted by atomic mass is 10.2. The van der Waals surface area contributed by atoms with Gasteiger partial charge in [-0.1, -0.05) is 44.9 Å². The molecule has 1 aromatic heterocycles. The summed E-state index contributed by atoms with van der Waals surface area (Å²) in [4.78, 5) is 0. The standard InChI is InChI=1S/C15H28N4S/c1-3-4-7-10-16-12-13(2)20-15-18-17-14-9-6-5-8-11-19(14)15/h13,16H,3-12H2,1-2H3. The molecule has 20 heavy (non-hydrogen) atoms. The second kappa shape index (κ2) is 8.67. The van der Waals surface area contributed by atoms with E-state index >= 15 is 0 Å². The maximum Gasteiger partial charge on any atom is 0.191 e. The van der Waals surface area contributed by atoms with E-state index in [1.54, 1.807) is 0 Å². The summed E-state index contributed by atoms with van der Waals surface area (Å²) < 4.78 is 2.34. The fourth-order valence-corrected chi connectivity index (χ4v) is 3.55. The highest BCUT2D eigenvalue weighted by Gasteiger charge is 2.16. The van der Waals surface area contributed by atoms with Gasteiger partial charge < -0.3 is 9.88 Å². The Morgan fingerprint density at radius 2 is 2.15 bits per heavy atom.